The van der Waals surface area contributed by atoms with E-state index in [1.807, 2.05) is 12.1 Å². The van der Waals surface area contributed by atoms with Gasteiger partial charge in [-0.2, -0.15) is 0 Å². The van der Waals surface area contributed by atoms with Gasteiger partial charge in [0.05, 0.1) is 13.7 Å². The van der Waals surface area contributed by atoms with Crippen molar-refractivity contribution in [1.82, 2.24) is 10.2 Å². The molecule has 1 aliphatic rings. The van der Waals surface area contributed by atoms with Crippen LogP contribution in [0.1, 0.15) is 26.7 Å². The topological polar surface area (TPSA) is 77.1 Å². The molecule has 1 aromatic rings. The summed E-state index contributed by atoms with van der Waals surface area (Å²) in [5, 5.41) is 2.98. The van der Waals surface area contributed by atoms with Crippen molar-refractivity contribution in [2.45, 2.75) is 38.8 Å². The SMILES string of the molecule is CCOC(=O)N1CCC(NC(=O)C(C)Oc2cccc(OC)c2)CC1. The molecule has 0 saturated carbocycles. The average Bonchev–Trinajstić information content (AvgIpc) is 2.62. The standard InChI is InChI=1S/C18H26N2O5/c1-4-24-18(22)20-10-8-14(9-11-20)19-17(21)13(2)25-16-7-5-6-15(12-16)23-3/h5-7,12-14H,4,8-11H2,1-3H3,(H,19,21). The van der Waals surface area contributed by atoms with Gasteiger partial charge in [-0.1, -0.05) is 6.07 Å². The van der Waals surface area contributed by atoms with Gasteiger partial charge in [0.25, 0.3) is 5.91 Å². The molecule has 1 heterocycles. The number of hydrogen-bond acceptors (Lipinski definition) is 5. The Morgan fingerprint density at radius 2 is 1.96 bits per heavy atom. The van der Waals surface area contributed by atoms with Crippen LogP contribution in [0.15, 0.2) is 24.3 Å². The molecule has 1 aromatic carbocycles. The summed E-state index contributed by atoms with van der Waals surface area (Å²) < 4.78 is 15.8. The Kier molecular flexibility index (Phi) is 6.91. The van der Waals surface area contributed by atoms with Crippen molar-refractivity contribution in [3.63, 3.8) is 0 Å². The third-order valence-corrected chi connectivity index (χ3v) is 4.09. The molecule has 138 valence electrons. The molecule has 1 aliphatic heterocycles. The molecule has 1 fully saturated rings. The first-order valence-electron chi connectivity index (χ1n) is 8.56. The van der Waals surface area contributed by atoms with Gasteiger partial charge in [0, 0.05) is 25.2 Å². The molecule has 0 spiro atoms. The van der Waals surface area contributed by atoms with Gasteiger partial charge >= 0.3 is 6.09 Å². The van der Waals surface area contributed by atoms with Crippen molar-refractivity contribution in [2.24, 2.45) is 0 Å². The summed E-state index contributed by atoms with van der Waals surface area (Å²) in [6.07, 6.45) is 0.504. The van der Waals surface area contributed by atoms with Crippen LogP contribution >= 0.6 is 0 Å². The molecule has 0 aromatic heterocycles. The first-order chi connectivity index (χ1) is 12.0. The van der Waals surface area contributed by atoms with Gasteiger partial charge in [-0.25, -0.2) is 4.79 Å². The van der Waals surface area contributed by atoms with E-state index in [0.717, 1.165) is 0 Å². The van der Waals surface area contributed by atoms with E-state index in [1.54, 1.807) is 38.0 Å². The van der Waals surface area contributed by atoms with E-state index in [2.05, 4.69) is 5.32 Å². The average molecular weight is 350 g/mol. The Bertz CT molecular complexity index is 585. The van der Waals surface area contributed by atoms with Gasteiger partial charge in [-0.05, 0) is 38.8 Å². The summed E-state index contributed by atoms with van der Waals surface area (Å²) >= 11 is 0. The Morgan fingerprint density at radius 3 is 2.60 bits per heavy atom. The van der Waals surface area contributed by atoms with Crippen LogP contribution in [0.25, 0.3) is 0 Å². The first-order valence-corrected chi connectivity index (χ1v) is 8.56. The predicted molar refractivity (Wildman–Crippen MR) is 92.8 cm³/mol. The number of ether oxygens (including phenoxy) is 3. The quantitative estimate of drug-likeness (QED) is 0.851. The number of likely N-dealkylation sites (tertiary alicyclic amines) is 1. The Balaban J connectivity index is 1.79. The summed E-state index contributed by atoms with van der Waals surface area (Å²) in [4.78, 5) is 25.7. The zero-order valence-electron chi connectivity index (χ0n) is 15.0. The number of amides is 2. The highest BCUT2D eigenvalue weighted by Crippen LogP contribution is 2.20. The van der Waals surface area contributed by atoms with E-state index in [1.165, 1.54) is 0 Å². The minimum absolute atomic E-state index is 0.0366. The van der Waals surface area contributed by atoms with E-state index >= 15 is 0 Å². The van der Waals surface area contributed by atoms with Crippen molar-refractivity contribution in [2.75, 3.05) is 26.8 Å². The van der Waals surface area contributed by atoms with Crippen LogP contribution in [-0.2, 0) is 9.53 Å². The van der Waals surface area contributed by atoms with Crippen molar-refractivity contribution in [3.8, 4) is 11.5 Å². The highest BCUT2D eigenvalue weighted by molar-refractivity contribution is 5.81. The highest BCUT2D eigenvalue weighted by Gasteiger charge is 2.26. The lowest BCUT2D eigenvalue weighted by atomic mass is 10.1. The Labute approximate surface area is 148 Å². The first kappa shape index (κ1) is 18.9. The fourth-order valence-corrected chi connectivity index (χ4v) is 2.67. The smallest absolute Gasteiger partial charge is 0.409 e. The second-order valence-electron chi connectivity index (χ2n) is 5.91. The predicted octanol–water partition coefficient (Wildman–Crippen LogP) is 2.20. The minimum Gasteiger partial charge on any atom is -0.497 e. The monoisotopic (exact) mass is 350 g/mol. The molecule has 25 heavy (non-hydrogen) atoms. The lowest BCUT2D eigenvalue weighted by molar-refractivity contribution is -0.128. The number of carbonyl (C=O) groups excluding carboxylic acids is 2. The molecule has 0 aliphatic carbocycles. The van der Waals surface area contributed by atoms with Crippen LogP contribution in [0.5, 0.6) is 11.5 Å². The highest BCUT2D eigenvalue weighted by atomic mass is 16.6. The van der Waals surface area contributed by atoms with Gasteiger partial charge in [-0.15, -0.1) is 0 Å². The molecule has 2 rings (SSSR count). The number of rotatable bonds is 6. The van der Waals surface area contributed by atoms with Gasteiger partial charge < -0.3 is 24.4 Å². The third-order valence-electron chi connectivity index (χ3n) is 4.09. The van der Waals surface area contributed by atoms with Gasteiger partial charge in [-0.3, -0.25) is 4.79 Å². The van der Waals surface area contributed by atoms with Gasteiger partial charge in [0.2, 0.25) is 0 Å². The van der Waals surface area contributed by atoms with Crippen LogP contribution in [-0.4, -0.2) is 55.9 Å². The maximum atomic E-state index is 12.3. The second-order valence-corrected chi connectivity index (χ2v) is 5.91. The largest absolute Gasteiger partial charge is 0.497 e. The fourth-order valence-electron chi connectivity index (χ4n) is 2.67. The number of methoxy groups -OCH3 is 1. The number of nitrogens with zero attached hydrogens (tertiary/aromatic N) is 1. The molecule has 1 saturated heterocycles. The van der Waals surface area contributed by atoms with Crippen LogP contribution in [0.4, 0.5) is 4.79 Å². The molecule has 1 unspecified atom stereocenters. The molecule has 0 bridgehead atoms. The summed E-state index contributed by atoms with van der Waals surface area (Å²) in [6, 6.07) is 7.18. The van der Waals surface area contributed by atoms with Crippen molar-refractivity contribution >= 4 is 12.0 Å². The lowest BCUT2D eigenvalue weighted by Crippen LogP contribution is -2.49. The normalized spacial score (nSPS) is 16.0. The van der Waals surface area contributed by atoms with Gasteiger partial charge in [0.15, 0.2) is 6.10 Å². The van der Waals surface area contributed by atoms with Crippen LogP contribution in [0.3, 0.4) is 0 Å². The fraction of sp³-hybridized carbons (Fsp3) is 0.556. The summed E-state index contributed by atoms with van der Waals surface area (Å²) in [6.45, 7) is 5.02. The number of nitrogens with one attached hydrogen (secondary N) is 1. The second kappa shape index (κ2) is 9.15. The molecule has 1 atom stereocenters. The van der Waals surface area contributed by atoms with E-state index in [4.69, 9.17) is 14.2 Å². The third kappa shape index (κ3) is 5.55. The van der Waals surface area contributed by atoms with Crippen molar-refractivity contribution in [3.05, 3.63) is 24.3 Å². The zero-order chi connectivity index (χ0) is 18.2. The maximum Gasteiger partial charge on any atom is 0.409 e. The van der Waals surface area contributed by atoms with Crippen LogP contribution in [0.2, 0.25) is 0 Å². The molecule has 0 radical (unpaired) electrons. The number of benzene rings is 1. The molecule has 1 N–H and O–H groups in total. The summed E-state index contributed by atoms with van der Waals surface area (Å²) in [5.41, 5.74) is 0. The number of carbonyl (C=O) groups is 2. The van der Waals surface area contributed by atoms with Crippen LogP contribution in [0, 0.1) is 0 Å². The Morgan fingerprint density at radius 1 is 1.28 bits per heavy atom. The zero-order valence-corrected chi connectivity index (χ0v) is 15.0. The lowest BCUT2D eigenvalue weighted by Gasteiger charge is -2.32. The van der Waals surface area contributed by atoms with E-state index in [-0.39, 0.29) is 18.0 Å². The number of hydrogen-bond donors (Lipinski definition) is 1. The molecule has 7 nitrogen and oxygen atoms in total. The summed E-state index contributed by atoms with van der Waals surface area (Å²) in [5.74, 6) is 1.09. The summed E-state index contributed by atoms with van der Waals surface area (Å²) in [7, 11) is 1.58. The van der Waals surface area contributed by atoms with Crippen molar-refractivity contribution in [1.29, 1.82) is 0 Å². The van der Waals surface area contributed by atoms with Crippen molar-refractivity contribution < 1.29 is 23.8 Å². The Hall–Kier alpha value is -2.44. The van der Waals surface area contributed by atoms with E-state index in [0.29, 0.717) is 44.0 Å². The van der Waals surface area contributed by atoms with E-state index in [9.17, 15) is 9.59 Å². The van der Waals surface area contributed by atoms with Gasteiger partial charge in [0.1, 0.15) is 11.5 Å². The molecule has 2 amide bonds. The molecule has 7 heteroatoms. The molecular formula is C18H26N2O5. The number of piperidine rings is 1. The van der Waals surface area contributed by atoms with Crippen LogP contribution < -0.4 is 14.8 Å². The minimum atomic E-state index is -0.616. The van der Waals surface area contributed by atoms with E-state index < -0.39 is 6.10 Å². The molecular weight excluding hydrogens is 324 g/mol. The maximum absolute atomic E-state index is 12.3.